The average molecular weight is 205 g/mol. The first-order valence-corrected chi connectivity index (χ1v) is 4.29. The summed E-state index contributed by atoms with van der Waals surface area (Å²) in [5.41, 5.74) is 1.79. The molecule has 0 N–H and O–H groups in total. The van der Waals surface area contributed by atoms with Crippen LogP contribution < -0.4 is 0 Å². The fourth-order valence-corrected chi connectivity index (χ4v) is 1.26. The molecule has 1 aromatic carbocycles. The molecule has 0 saturated carbocycles. The Balaban J connectivity index is 2.50. The number of rotatable bonds is 1. The Morgan fingerprint density at radius 1 is 1.29 bits per heavy atom. The molecule has 1 aromatic heterocycles. The summed E-state index contributed by atoms with van der Waals surface area (Å²) in [4.78, 5) is 0. The lowest BCUT2D eigenvalue weighted by atomic mass is 10.1. The fourth-order valence-electron chi connectivity index (χ4n) is 1.13. The van der Waals surface area contributed by atoms with E-state index < -0.39 is 0 Å². The second-order valence-corrected chi connectivity index (χ2v) is 3.13. The van der Waals surface area contributed by atoms with Gasteiger partial charge in [-0.1, -0.05) is 28.9 Å². The minimum Gasteiger partial charge on any atom is -0.363 e. The van der Waals surface area contributed by atoms with E-state index in [1.807, 2.05) is 6.07 Å². The summed E-state index contributed by atoms with van der Waals surface area (Å²) in [5.74, 6) is 0. The summed E-state index contributed by atoms with van der Waals surface area (Å²) in [6.07, 6.45) is 1.32. The minimum absolute atomic E-state index is 0.423. The van der Waals surface area contributed by atoms with Gasteiger partial charge < -0.3 is 4.52 Å². The molecule has 0 aliphatic rings. The molecule has 4 heteroatoms. The van der Waals surface area contributed by atoms with E-state index in [2.05, 4.69) is 5.16 Å². The third kappa shape index (κ3) is 1.48. The maximum atomic E-state index is 8.75. The van der Waals surface area contributed by atoms with Crippen LogP contribution in [-0.2, 0) is 0 Å². The number of nitriles is 1. The Morgan fingerprint density at radius 3 is 2.64 bits per heavy atom. The summed E-state index contributed by atoms with van der Waals surface area (Å²) in [7, 11) is 0. The molecule has 0 spiro atoms. The quantitative estimate of drug-likeness (QED) is 0.718. The molecule has 0 saturated heterocycles. The van der Waals surface area contributed by atoms with Crippen LogP contribution in [0.4, 0.5) is 0 Å². The first-order valence-electron chi connectivity index (χ1n) is 3.91. The van der Waals surface area contributed by atoms with Crippen molar-refractivity contribution in [1.29, 1.82) is 5.26 Å². The van der Waals surface area contributed by atoms with Crippen molar-refractivity contribution in [2.75, 3.05) is 0 Å². The topological polar surface area (TPSA) is 49.8 Å². The zero-order valence-electron chi connectivity index (χ0n) is 7.07. The van der Waals surface area contributed by atoms with Crippen LogP contribution in [0.2, 0.25) is 5.02 Å². The lowest BCUT2D eigenvalue weighted by Gasteiger charge is -1.95. The molecular formula is C10H5ClN2O. The van der Waals surface area contributed by atoms with Crippen LogP contribution >= 0.6 is 11.6 Å². The Hall–Kier alpha value is -1.79. The van der Waals surface area contributed by atoms with Gasteiger partial charge in [-0.25, -0.2) is 0 Å². The smallest absolute Gasteiger partial charge is 0.142 e. The number of aromatic nitrogens is 1. The summed E-state index contributed by atoms with van der Waals surface area (Å²) in [5, 5.41) is 13.1. The minimum atomic E-state index is 0.423. The Labute approximate surface area is 85.5 Å². The lowest BCUT2D eigenvalue weighted by Crippen LogP contribution is -1.80. The van der Waals surface area contributed by atoms with E-state index in [0.717, 1.165) is 5.56 Å². The molecular weight excluding hydrogens is 200 g/mol. The summed E-state index contributed by atoms with van der Waals surface area (Å²) < 4.78 is 4.72. The number of hydrogen-bond acceptors (Lipinski definition) is 3. The van der Waals surface area contributed by atoms with Crippen LogP contribution in [0.5, 0.6) is 0 Å². The van der Waals surface area contributed by atoms with Crippen LogP contribution in [0, 0.1) is 11.3 Å². The van der Waals surface area contributed by atoms with Crippen LogP contribution in [0.25, 0.3) is 11.3 Å². The first kappa shape index (κ1) is 8.79. The molecule has 0 aliphatic heterocycles. The van der Waals surface area contributed by atoms with Gasteiger partial charge in [-0.05, 0) is 12.1 Å². The van der Waals surface area contributed by atoms with Gasteiger partial charge in [-0.3, -0.25) is 0 Å². The maximum Gasteiger partial charge on any atom is 0.142 e. The van der Waals surface area contributed by atoms with Crippen molar-refractivity contribution in [2.45, 2.75) is 0 Å². The molecule has 0 aliphatic carbocycles. The normalized spacial score (nSPS) is 9.71. The number of halogens is 1. The van der Waals surface area contributed by atoms with Crippen LogP contribution in [-0.4, -0.2) is 5.16 Å². The van der Waals surface area contributed by atoms with Gasteiger partial charge in [0.2, 0.25) is 0 Å². The summed E-state index contributed by atoms with van der Waals surface area (Å²) in [6.45, 7) is 0. The number of hydrogen-bond donors (Lipinski definition) is 0. The molecule has 3 nitrogen and oxygen atoms in total. The van der Waals surface area contributed by atoms with E-state index in [9.17, 15) is 0 Å². The lowest BCUT2D eigenvalue weighted by molar-refractivity contribution is 0.422. The van der Waals surface area contributed by atoms with Gasteiger partial charge in [0.1, 0.15) is 23.6 Å². The zero-order chi connectivity index (χ0) is 9.97. The summed E-state index contributed by atoms with van der Waals surface area (Å²) in [6, 6.07) is 9.07. The Bertz CT molecular complexity index is 482. The van der Waals surface area contributed by atoms with Gasteiger partial charge in [0.05, 0.1) is 0 Å². The monoisotopic (exact) mass is 204 g/mol. The van der Waals surface area contributed by atoms with Crippen molar-refractivity contribution in [2.24, 2.45) is 0 Å². The highest BCUT2D eigenvalue weighted by Gasteiger charge is 2.08. The zero-order valence-corrected chi connectivity index (χ0v) is 7.82. The highest BCUT2D eigenvalue weighted by molar-refractivity contribution is 6.30. The Morgan fingerprint density at radius 2 is 2.00 bits per heavy atom. The van der Waals surface area contributed by atoms with E-state index in [4.69, 9.17) is 21.4 Å². The molecule has 0 unspecified atom stereocenters. The number of nitrogens with zero attached hydrogens (tertiary/aromatic N) is 2. The Kier molecular flexibility index (Phi) is 2.21. The summed E-state index contributed by atoms with van der Waals surface area (Å²) >= 11 is 5.74. The SMILES string of the molecule is N#Cc1conc1-c1ccc(Cl)cc1. The maximum absolute atomic E-state index is 8.75. The van der Waals surface area contributed by atoms with Crippen molar-refractivity contribution in [3.63, 3.8) is 0 Å². The van der Waals surface area contributed by atoms with Crippen molar-refractivity contribution >= 4 is 11.6 Å². The van der Waals surface area contributed by atoms with Crippen LogP contribution in [0.3, 0.4) is 0 Å². The van der Waals surface area contributed by atoms with E-state index in [0.29, 0.717) is 16.3 Å². The molecule has 14 heavy (non-hydrogen) atoms. The second kappa shape index (κ2) is 3.52. The molecule has 0 atom stereocenters. The predicted molar refractivity (Wildman–Crippen MR) is 51.7 cm³/mol. The highest BCUT2D eigenvalue weighted by Crippen LogP contribution is 2.22. The predicted octanol–water partition coefficient (Wildman–Crippen LogP) is 2.87. The molecule has 1 heterocycles. The fraction of sp³-hybridized carbons (Fsp3) is 0. The average Bonchev–Trinajstić information content (AvgIpc) is 2.67. The molecule has 2 rings (SSSR count). The molecule has 68 valence electrons. The van der Waals surface area contributed by atoms with E-state index in [1.165, 1.54) is 6.26 Å². The van der Waals surface area contributed by atoms with Crippen molar-refractivity contribution in [1.82, 2.24) is 5.16 Å². The van der Waals surface area contributed by atoms with Crippen molar-refractivity contribution in [3.8, 4) is 17.3 Å². The van der Waals surface area contributed by atoms with Gasteiger partial charge >= 0.3 is 0 Å². The van der Waals surface area contributed by atoms with Gasteiger partial charge in [0, 0.05) is 10.6 Å². The third-order valence-corrected chi connectivity index (χ3v) is 2.06. The first-order chi connectivity index (χ1) is 6.81. The van der Waals surface area contributed by atoms with Crippen LogP contribution in [0.15, 0.2) is 35.1 Å². The van der Waals surface area contributed by atoms with Gasteiger partial charge in [-0.15, -0.1) is 0 Å². The van der Waals surface area contributed by atoms with Crippen molar-refractivity contribution < 1.29 is 4.52 Å². The van der Waals surface area contributed by atoms with Gasteiger partial charge in [0.25, 0.3) is 0 Å². The highest BCUT2D eigenvalue weighted by atomic mass is 35.5. The van der Waals surface area contributed by atoms with Gasteiger partial charge in [-0.2, -0.15) is 5.26 Å². The van der Waals surface area contributed by atoms with E-state index in [-0.39, 0.29) is 0 Å². The van der Waals surface area contributed by atoms with E-state index in [1.54, 1.807) is 24.3 Å². The second-order valence-electron chi connectivity index (χ2n) is 2.70. The van der Waals surface area contributed by atoms with Crippen LogP contribution in [0.1, 0.15) is 5.56 Å². The van der Waals surface area contributed by atoms with Gasteiger partial charge in [0.15, 0.2) is 0 Å². The standard InChI is InChI=1S/C10H5ClN2O/c11-9-3-1-7(2-4-9)10-8(5-12)6-14-13-10/h1-4,6H. The molecule has 0 fully saturated rings. The number of benzene rings is 1. The van der Waals surface area contributed by atoms with Crippen molar-refractivity contribution in [3.05, 3.63) is 41.1 Å². The molecule has 0 amide bonds. The molecule has 2 aromatic rings. The largest absolute Gasteiger partial charge is 0.363 e. The van der Waals surface area contributed by atoms with E-state index >= 15 is 0 Å². The third-order valence-electron chi connectivity index (χ3n) is 1.81. The molecule has 0 bridgehead atoms. The molecule has 0 radical (unpaired) electrons.